The molecule has 0 N–H and O–H groups in total. The quantitative estimate of drug-likeness (QED) is 0.694. The normalized spacial score (nSPS) is 19.3. The molecule has 3 heterocycles. The Hall–Kier alpha value is -2.09. The number of thiophene rings is 1. The van der Waals surface area contributed by atoms with E-state index in [-0.39, 0.29) is 22.7 Å². The number of benzene rings is 1. The molecule has 2 aliphatic heterocycles. The Kier molecular flexibility index (Phi) is 6.32. The van der Waals surface area contributed by atoms with Gasteiger partial charge in [0.25, 0.3) is 11.8 Å². The lowest BCUT2D eigenvalue weighted by Crippen LogP contribution is -2.55. The van der Waals surface area contributed by atoms with Crippen molar-refractivity contribution < 1.29 is 14.4 Å². The first-order chi connectivity index (χ1) is 14.5. The molecule has 30 heavy (non-hydrogen) atoms. The molecule has 2 aliphatic rings. The zero-order valence-electron chi connectivity index (χ0n) is 16.2. The average Bonchev–Trinajstić information content (AvgIpc) is 3.47. The average molecular weight is 466 g/mol. The van der Waals surface area contributed by atoms with Crippen LogP contribution in [0.2, 0.25) is 10.0 Å². The van der Waals surface area contributed by atoms with E-state index in [2.05, 4.69) is 0 Å². The summed E-state index contributed by atoms with van der Waals surface area (Å²) in [7, 11) is 0. The molecule has 0 saturated carbocycles. The van der Waals surface area contributed by atoms with Gasteiger partial charge < -0.3 is 14.7 Å². The summed E-state index contributed by atoms with van der Waals surface area (Å²) in [6.07, 6.45) is 1.49. The fourth-order valence-electron chi connectivity index (χ4n) is 3.99. The smallest absolute Gasteiger partial charge is 0.264 e. The second-order valence-electron chi connectivity index (χ2n) is 7.35. The van der Waals surface area contributed by atoms with Crippen LogP contribution in [-0.4, -0.2) is 71.2 Å². The molecule has 0 spiro atoms. The van der Waals surface area contributed by atoms with Crippen molar-refractivity contribution >= 4 is 52.3 Å². The van der Waals surface area contributed by atoms with E-state index >= 15 is 0 Å². The van der Waals surface area contributed by atoms with Crippen molar-refractivity contribution in [1.82, 2.24) is 14.7 Å². The van der Waals surface area contributed by atoms with Crippen LogP contribution in [0, 0.1) is 0 Å². The highest BCUT2D eigenvalue weighted by Gasteiger charge is 2.38. The molecule has 2 aromatic rings. The molecule has 9 heteroatoms. The molecular formula is C21H21Cl2N3O3S. The minimum Gasteiger partial charge on any atom is -0.337 e. The highest BCUT2D eigenvalue weighted by atomic mass is 35.5. The molecule has 1 atom stereocenters. The number of carbonyl (C=O) groups is 3. The van der Waals surface area contributed by atoms with Gasteiger partial charge in [-0.1, -0.05) is 35.3 Å². The highest BCUT2D eigenvalue weighted by Crippen LogP contribution is 2.27. The third-order valence-corrected chi connectivity index (χ3v) is 7.27. The van der Waals surface area contributed by atoms with Crippen LogP contribution in [0.4, 0.5) is 0 Å². The molecule has 158 valence electrons. The van der Waals surface area contributed by atoms with E-state index in [0.29, 0.717) is 54.6 Å². The predicted molar refractivity (Wildman–Crippen MR) is 117 cm³/mol. The fourth-order valence-corrected chi connectivity index (χ4v) is 5.05. The summed E-state index contributed by atoms with van der Waals surface area (Å²) in [5.41, 5.74) is 0.368. The van der Waals surface area contributed by atoms with Gasteiger partial charge in [-0.2, -0.15) is 0 Å². The molecule has 0 unspecified atom stereocenters. The van der Waals surface area contributed by atoms with Crippen molar-refractivity contribution in [1.29, 1.82) is 0 Å². The van der Waals surface area contributed by atoms with Crippen LogP contribution in [0.5, 0.6) is 0 Å². The highest BCUT2D eigenvalue weighted by molar-refractivity contribution is 7.12. The molecule has 4 rings (SSSR count). The van der Waals surface area contributed by atoms with Crippen molar-refractivity contribution in [2.24, 2.45) is 0 Å². The van der Waals surface area contributed by atoms with E-state index in [1.54, 1.807) is 39.0 Å². The Morgan fingerprint density at radius 3 is 2.33 bits per heavy atom. The lowest BCUT2D eigenvalue weighted by atomic mass is 10.1. The van der Waals surface area contributed by atoms with Gasteiger partial charge in [0, 0.05) is 32.7 Å². The number of nitrogens with zero attached hydrogens (tertiary/aromatic N) is 3. The molecular weight excluding hydrogens is 445 g/mol. The molecule has 6 nitrogen and oxygen atoms in total. The van der Waals surface area contributed by atoms with Gasteiger partial charge in [0.05, 0.1) is 20.5 Å². The van der Waals surface area contributed by atoms with Crippen LogP contribution >= 0.6 is 34.5 Å². The Morgan fingerprint density at radius 1 is 0.900 bits per heavy atom. The molecule has 3 amide bonds. The molecule has 0 bridgehead atoms. The van der Waals surface area contributed by atoms with Crippen molar-refractivity contribution in [3.05, 3.63) is 56.2 Å². The van der Waals surface area contributed by atoms with Crippen molar-refractivity contribution in [2.45, 2.75) is 18.9 Å². The first-order valence-electron chi connectivity index (χ1n) is 9.84. The number of hydrogen-bond acceptors (Lipinski definition) is 4. The summed E-state index contributed by atoms with van der Waals surface area (Å²) in [5, 5.41) is 2.45. The van der Waals surface area contributed by atoms with Crippen molar-refractivity contribution in [3.63, 3.8) is 0 Å². The number of amides is 3. The van der Waals surface area contributed by atoms with Crippen LogP contribution in [0.3, 0.4) is 0 Å². The van der Waals surface area contributed by atoms with E-state index in [0.717, 1.165) is 6.42 Å². The molecule has 0 aliphatic carbocycles. The summed E-state index contributed by atoms with van der Waals surface area (Å²) >= 11 is 13.6. The minimum absolute atomic E-state index is 0.0368. The largest absolute Gasteiger partial charge is 0.337 e. The zero-order chi connectivity index (χ0) is 21.3. The molecule has 1 aromatic carbocycles. The van der Waals surface area contributed by atoms with Gasteiger partial charge in [-0.25, -0.2) is 0 Å². The molecule has 0 radical (unpaired) electrons. The topological polar surface area (TPSA) is 60.9 Å². The lowest BCUT2D eigenvalue weighted by Gasteiger charge is -2.37. The van der Waals surface area contributed by atoms with Gasteiger partial charge >= 0.3 is 0 Å². The lowest BCUT2D eigenvalue weighted by molar-refractivity contribution is -0.136. The van der Waals surface area contributed by atoms with Gasteiger partial charge in [0.15, 0.2) is 0 Å². The number of piperazine rings is 1. The van der Waals surface area contributed by atoms with Crippen molar-refractivity contribution in [2.75, 3.05) is 32.7 Å². The van der Waals surface area contributed by atoms with Crippen LogP contribution in [-0.2, 0) is 4.79 Å². The summed E-state index contributed by atoms with van der Waals surface area (Å²) in [6.45, 7) is 2.29. The van der Waals surface area contributed by atoms with E-state index in [4.69, 9.17) is 23.2 Å². The SMILES string of the molecule is O=C(c1cccc(Cl)c1Cl)N1CCN(C(=O)[C@@H]2CCCN2C(=O)c2cccs2)CC1. The van der Waals surface area contributed by atoms with Crippen molar-refractivity contribution in [3.8, 4) is 0 Å². The maximum absolute atomic E-state index is 13.1. The van der Waals surface area contributed by atoms with Crippen LogP contribution in [0.15, 0.2) is 35.7 Å². The Bertz CT molecular complexity index is 958. The molecule has 2 fully saturated rings. The van der Waals surface area contributed by atoms with Gasteiger partial charge in [0.2, 0.25) is 5.91 Å². The fraction of sp³-hybridized carbons (Fsp3) is 0.381. The zero-order valence-corrected chi connectivity index (χ0v) is 18.6. The Labute approximate surface area is 189 Å². The van der Waals surface area contributed by atoms with E-state index in [1.807, 2.05) is 11.4 Å². The maximum Gasteiger partial charge on any atom is 0.264 e. The summed E-state index contributed by atoms with van der Waals surface area (Å²) in [5.74, 6) is -0.305. The minimum atomic E-state index is -0.427. The standard InChI is InChI=1S/C21H21Cl2N3O3S/c22-15-5-1-4-14(18(15)23)19(27)24-9-11-25(12-10-24)20(28)16-6-2-8-26(16)21(29)17-7-3-13-30-17/h1,3-5,7,13,16H,2,6,8-12H2/t16-/m0/s1. The molecule has 1 aromatic heterocycles. The van der Waals surface area contributed by atoms with E-state index < -0.39 is 6.04 Å². The molecule has 2 saturated heterocycles. The number of carbonyl (C=O) groups excluding carboxylic acids is 3. The van der Waals surface area contributed by atoms with Crippen LogP contribution in [0.25, 0.3) is 0 Å². The van der Waals surface area contributed by atoms with Gasteiger partial charge in [-0.05, 0) is 36.4 Å². The van der Waals surface area contributed by atoms with Crippen LogP contribution < -0.4 is 0 Å². The van der Waals surface area contributed by atoms with E-state index in [9.17, 15) is 14.4 Å². The predicted octanol–water partition coefficient (Wildman–Crippen LogP) is 3.64. The third kappa shape index (κ3) is 4.06. The second-order valence-corrected chi connectivity index (χ2v) is 9.09. The van der Waals surface area contributed by atoms with Gasteiger partial charge in [0.1, 0.15) is 6.04 Å². The second kappa shape index (κ2) is 8.96. The number of halogens is 2. The summed E-state index contributed by atoms with van der Waals surface area (Å²) in [4.78, 5) is 44.5. The van der Waals surface area contributed by atoms with Gasteiger partial charge in [-0.3, -0.25) is 14.4 Å². The Balaban J connectivity index is 1.39. The summed E-state index contributed by atoms with van der Waals surface area (Å²) < 4.78 is 0. The monoisotopic (exact) mass is 465 g/mol. The first kappa shape index (κ1) is 21.2. The number of hydrogen-bond donors (Lipinski definition) is 0. The number of likely N-dealkylation sites (tertiary alicyclic amines) is 1. The number of rotatable bonds is 3. The van der Waals surface area contributed by atoms with E-state index in [1.165, 1.54) is 11.3 Å². The first-order valence-corrected chi connectivity index (χ1v) is 11.5. The summed E-state index contributed by atoms with van der Waals surface area (Å²) in [6, 6.07) is 8.19. The third-order valence-electron chi connectivity index (χ3n) is 5.59. The van der Waals surface area contributed by atoms with Gasteiger partial charge in [-0.15, -0.1) is 11.3 Å². The maximum atomic E-state index is 13.1. The van der Waals surface area contributed by atoms with Crippen LogP contribution in [0.1, 0.15) is 32.9 Å². The Morgan fingerprint density at radius 2 is 1.63 bits per heavy atom.